The Bertz CT molecular complexity index is 1570. The SMILES string of the molecule is Cc1cc2cc(-c3cccc(-c4cccc(C(C)(C)C)c4)c3)nc(CN=C(N)N)c2cc1C.O=C([O-])C(F)(F)F.[HH]. The Morgan fingerprint density at radius 2 is 1.45 bits per heavy atom. The van der Waals surface area contributed by atoms with Crippen molar-refractivity contribution in [1.82, 2.24) is 4.98 Å². The highest BCUT2D eigenvalue weighted by molar-refractivity contribution is 5.90. The number of carboxylic acids is 1. The first-order valence-electron chi connectivity index (χ1n) is 12.5. The average molecular weight is 552 g/mol. The largest absolute Gasteiger partial charge is 0.542 e. The molecule has 4 rings (SSSR count). The molecule has 0 aliphatic heterocycles. The summed E-state index contributed by atoms with van der Waals surface area (Å²) in [6, 6.07) is 23.9. The normalized spacial score (nSPS) is 11.5. The maximum atomic E-state index is 10.5. The minimum Gasteiger partial charge on any atom is -0.542 e. The minimum absolute atomic E-state index is 0. The number of guanidine groups is 1. The van der Waals surface area contributed by atoms with Crippen LogP contribution in [0.25, 0.3) is 33.2 Å². The number of aromatic nitrogens is 1. The van der Waals surface area contributed by atoms with Crippen LogP contribution < -0.4 is 16.6 Å². The first kappa shape index (κ1) is 30.1. The van der Waals surface area contributed by atoms with E-state index in [9.17, 15) is 13.2 Å². The standard InChI is InChI=1S/C29H32N4.C2HF3O2.H2/c1-18-12-23-16-26(33-27(17-32-28(30)31)25(23)13-19(18)2)22-10-6-8-20(14-22)21-9-7-11-24(15-21)29(3,4)5;3-2(4,5)1(6)7;/h6-16H,17H2,1-5H3,(H4,30,31,32);(H,6,7);1H/p-1. The number of halogens is 3. The summed E-state index contributed by atoms with van der Waals surface area (Å²) < 4.78 is 31.5. The van der Waals surface area contributed by atoms with Crippen LogP contribution in [0.2, 0.25) is 0 Å². The molecule has 9 heteroatoms. The fourth-order valence-corrected chi connectivity index (χ4v) is 4.05. The zero-order valence-corrected chi connectivity index (χ0v) is 23.1. The van der Waals surface area contributed by atoms with Crippen LogP contribution in [-0.2, 0) is 16.8 Å². The van der Waals surface area contributed by atoms with Crippen molar-refractivity contribution < 1.29 is 24.5 Å². The van der Waals surface area contributed by atoms with Gasteiger partial charge in [0.25, 0.3) is 0 Å². The van der Waals surface area contributed by atoms with Crippen LogP contribution in [0.3, 0.4) is 0 Å². The fraction of sp³-hybridized carbons (Fsp3) is 0.258. The molecule has 0 bridgehead atoms. The maximum absolute atomic E-state index is 10.5. The maximum Gasteiger partial charge on any atom is 0.430 e. The van der Waals surface area contributed by atoms with Crippen molar-refractivity contribution in [3.05, 3.63) is 89.1 Å². The molecule has 1 aromatic heterocycles. The molecule has 0 fully saturated rings. The summed E-state index contributed by atoms with van der Waals surface area (Å²) in [7, 11) is 0. The lowest BCUT2D eigenvalue weighted by molar-refractivity contribution is -0.344. The average Bonchev–Trinajstić information content (AvgIpc) is 2.87. The number of carboxylic acid groups (broad SMARTS) is 1. The smallest absolute Gasteiger partial charge is 0.430 e. The van der Waals surface area contributed by atoms with Crippen molar-refractivity contribution in [2.24, 2.45) is 16.5 Å². The van der Waals surface area contributed by atoms with Gasteiger partial charge in [-0.15, -0.1) is 0 Å². The lowest BCUT2D eigenvalue weighted by Crippen LogP contribution is -2.37. The lowest BCUT2D eigenvalue weighted by Gasteiger charge is -2.20. The van der Waals surface area contributed by atoms with E-state index in [1.54, 1.807) is 0 Å². The Kier molecular flexibility index (Phi) is 8.87. The summed E-state index contributed by atoms with van der Waals surface area (Å²) in [4.78, 5) is 18.0. The van der Waals surface area contributed by atoms with E-state index in [1.165, 1.54) is 27.8 Å². The summed E-state index contributed by atoms with van der Waals surface area (Å²) in [5.74, 6) is -2.94. The van der Waals surface area contributed by atoms with Gasteiger partial charge in [0.1, 0.15) is 5.97 Å². The Hall–Kier alpha value is -4.40. The highest BCUT2D eigenvalue weighted by atomic mass is 19.4. The van der Waals surface area contributed by atoms with Gasteiger partial charge in [0.15, 0.2) is 5.96 Å². The second-order valence-corrected chi connectivity index (χ2v) is 10.5. The van der Waals surface area contributed by atoms with Crippen LogP contribution in [0, 0.1) is 13.8 Å². The highest BCUT2D eigenvalue weighted by Gasteiger charge is 2.28. The molecule has 0 aliphatic rings. The molecule has 212 valence electrons. The topological polar surface area (TPSA) is 117 Å². The first-order valence-corrected chi connectivity index (χ1v) is 12.5. The van der Waals surface area contributed by atoms with Crippen LogP contribution in [0.1, 0.15) is 44.6 Å². The predicted octanol–water partition coefficient (Wildman–Crippen LogP) is 5.80. The van der Waals surface area contributed by atoms with E-state index in [1.807, 2.05) is 0 Å². The molecule has 0 aliphatic carbocycles. The Balaban J connectivity index is 0.000000655. The number of carbonyl (C=O) groups excluding carboxylic acids is 1. The van der Waals surface area contributed by atoms with Crippen molar-refractivity contribution in [3.8, 4) is 22.4 Å². The molecular weight excluding hydrogens is 517 g/mol. The van der Waals surface area contributed by atoms with Gasteiger partial charge in [-0.25, -0.2) is 4.99 Å². The van der Waals surface area contributed by atoms with E-state index < -0.39 is 12.1 Å². The van der Waals surface area contributed by atoms with Crippen molar-refractivity contribution in [1.29, 1.82) is 0 Å². The van der Waals surface area contributed by atoms with Gasteiger partial charge >= 0.3 is 6.18 Å². The van der Waals surface area contributed by atoms with Crippen LogP contribution in [0.4, 0.5) is 13.2 Å². The summed E-state index contributed by atoms with van der Waals surface area (Å²) >= 11 is 0. The second-order valence-electron chi connectivity index (χ2n) is 10.5. The third-order valence-corrected chi connectivity index (χ3v) is 6.39. The number of nitrogens with two attached hydrogens (primary N) is 2. The van der Waals surface area contributed by atoms with E-state index in [0.717, 1.165) is 27.7 Å². The molecule has 0 saturated carbocycles. The molecule has 40 heavy (non-hydrogen) atoms. The lowest BCUT2D eigenvalue weighted by atomic mass is 9.85. The zero-order valence-electron chi connectivity index (χ0n) is 23.1. The summed E-state index contributed by atoms with van der Waals surface area (Å²) in [6.07, 6.45) is -5.19. The van der Waals surface area contributed by atoms with Crippen molar-refractivity contribution in [2.75, 3.05) is 0 Å². The molecule has 0 amide bonds. The Labute approximate surface area is 233 Å². The number of aryl methyl sites for hydroxylation is 2. The fourth-order valence-electron chi connectivity index (χ4n) is 4.05. The van der Waals surface area contributed by atoms with Crippen LogP contribution in [0.15, 0.2) is 71.7 Å². The van der Waals surface area contributed by atoms with Gasteiger partial charge in [0.05, 0.1) is 17.9 Å². The number of nitrogens with zero attached hydrogens (tertiary/aromatic N) is 2. The number of carbonyl (C=O) groups is 1. The van der Waals surface area contributed by atoms with Gasteiger partial charge in [-0.05, 0) is 70.7 Å². The van der Waals surface area contributed by atoms with Crippen LogP contribution in [0.5, 0.6) is 0 Å². The molecule has 4 N–H and O–H groups in total. The van der Waals surface area contributed by atoms with Gasteiger partial charge in [-0.3, -0.25) is 4.98 Å². The third kappa shape index (κ3) is 7.59. The van der Waals surface area contributed by atoms with Gasteiger partial charge in [-0.2, -0.15) is 13.2 Å². The zero-order chi connectivity index (χ0) is 29.8. The molecule has 0 spiro atoms. The highest BCUT2D eigenvalue weighted by Crippen LogP contribution is 2.32. The number of rotatable bonds is 4. The van der Waals surface area contributed by atoms with E-state index in [0.29, 0.717) is 6.54 Å². The number of benzene rings is 3. The van der Waals surface area contributed by atoms with Crippen molar-refractivity contribution in [3.63, 3.8) is 0 Å². The minimum atomic E-state index is -5.19. The number of fused-ring (bicyclic) bond motifs is 1. The molecular formula is C31H34F3N4O2-. The Morgan fingerprint density at radius 1 is 0.900 bits per heavy atom. The van der Waals surface area contributed by atoms with E-state index in [2.05, 4.69) is 106 Å². The molecule has 0 radical (unpaired) electrons. The molecule has 1 heterocycles. The molecule has 6 nitrogen and oxygen atoms in total. The Morgan fingerprint density at radius 3 is 2.02 bits per heavy atom. The summed E-state index contributed by atoms with van der Waals surface area (Å²) in [5, 5.41) is 11.0. The molecule has 4 aromatic rings. The monoisotopic (exact) mass is 551 g/mol. The number of pyridine rings is 1. The van der Waals surface area contributed by atoms with Crippen LogP contribution >= 0.6 is 0 Å². The van der Waals surface area contributed by atoms with Gasteiger partial charge in [0.2, 0.25) is 0 Å². The predicted molar refractivity (Wildman–Crippen MR) is 153 cm³/mol. The van der Waals surface area contributed by atoms with Crippen LogP contribution in [-0.4, -0.2) is 23.1 Å². The van der Waals surface area contributed by atoms with Crippen molar-refractivity contribution >= 4 is 22.7 Å². The van der Waals surface area contributed by atoms with Gasteiger partial charge in [-0.1, -0.05) is 69.3 Å². The molecule has 0 atom stereocenters. The summed E-state index contributed by atoms with van der Waals surface area (Å²) in [5.41, 5.74) is 20.4. The summed E-state index contributed by atoms with van der Waals surface area (Å²) in [6.45, 7) is 11.3. The number of hydrogen-bond acceptors (Lipinski definition) is 4. The van der Waals surface area contributed by atoms with Gasteiger partial charge < -0.3 is 21.4 Å². The number of alkyl halides is 3. The number of aliphatic carboxylic acids is 1. The molecule has 0 unspecified atom stereocenters. The van der Waals surface area contributed by atoms with E-state index >= 15 is 0 Å². The van der Waals surface area contributed by atoms with E-state index in [4.69, 9.17) is 26.4 Å². The van der Waals surface area contributed by atoms with Crippen molar-refractivity contribution in [2.45, 2.75) is 52.8 Å². The molecule has 0 saturated heterocycles. The second kappa shape index (κ2) is 11.8. The number of aliphatic imine (C=N–C) groups is 1. The van der Waals surface area contributed by atoms with E-state index in [-0.39, 0.29) is 12.8 Å². The third-order valence-electron chi connectivity index (χ3n) is 6.39. The number of hydrogen-bond donors (Lipinski definition) is 2. The van der Waals surface area contributed by atoms with Gasteiger partial charge in [0, 0.05) is 12.4 Å². The first-order chi connectivity index (χ1) is 18.6. The quantitative estimate of drug-likeness (QED) is 0.246. The molecule has 3 aromatic carbocycles.